The molecule has 2 unspecified atom stereocenters. The highest BCUT2D eigenvalue weighted by Gasteiger charge is 2.42. The van der Waals surface area contributed by atoms with E-state index in [1.807, 2.05) is 0 Å². The fraction of sp³-hybridized carbons (Fsp3) is 0.435. The number of methoxy groups -OCH3 is 2. The van der Waals surface area contributed by atoms with Crippen LogP contribution >= 0.6 is 0 Å². The smallest absolute Gasteiger partial charge is 0.416 e. The molecule has 2 aromatic carbocycles. The van der Waals surface area contributed by atoms with Crippen LogP contribution in [0, 0.1) is 11.8 Å². The maximum absolute atomic E-state index is 13.5. The number of nitrogens with zero attached hydrogens (tertiary/aromatic N) is 1. The molecule has 2 atom stereocenters. The summed E-state index contributed by atoms with van der Waals surface area (Å²) in [6.07, 6.45) is -3.59. The van der Waals surface area contributed by atoms with Gasteiger partial charge in [-0.25, -0.2) is 13.2 Å². The molecule has 2 bridgehead atoms. The van der Waals surface area contributed by atoms with Crippen molar-refractivity contribution in [2.24, 2.45) is 11.8 Å². The standard InChI is InChI=1S/C23H25F3N2O6S/c1-33-19-8-5-13(22(30)34-2)9-20(19)35(31,32)27-17-10-16(23(24,25)26)6-7-18(17)28-11-14-3-4-15(12-28)21(14)29/h5-10,14-15,21,27,29H,3-4,11-12H2,1-2H3. The van der Waals surface area contributed by atoms with Crippen LogP contribution in [0.4, 0.5) is 24.5 Å². The van der Waals surface area contributed by atoms with Gasteiger partial charge in [0.25, 0.3) is 10.0 Å². The summed E-state index contributed by atoms with van der Waals surface area (Å²) in [5.74, 6) is -0.973. The number of ether oxygens (including phenoxy) is 2. The molecule has 0 radical (unpaired) electrons. The number of carbonyl (C=O) groups excluding carboxylic acids is 1. The first-order valence-electron chi connectivity index (χ1n) is 10.9. The molecule has 8 nitrogen and oxygen atoms in total. The molecule has 2 aliphatic rings. The summed E-state index contributed by atoms with van der Waals surface area (Å²) < 4.78 is 79.2. The van der Waals surface area contributed by atoms with Crippen LogP contribution in [-0.2, 0) is 20.9 Å². The molecule has 1 saturated carbocycles. The van der Waals surface area contributed by atoms with Gasteiger partial charge in [-0.3, -0.25) is 4.72 Å². The molecule has 12 heteroatoms. The van der Waals surface area contributed by atoms with Gasteiger partial charge in [-0.2, -0.15) is 13.2 Å². The van der Waals surface area contributed by atoms with E-state index in [0.717, 1.165) is 38.2 Å². The van der Waals surface area contributed by atoms with Crippen LogP contribution in [0.2, 0.25) is 0 Å². The molecule has 4 rings (SSSR count). The van der Waals surface area contributed by atoms with E-state index >= 15 is 0 Å². The lowest BCUT2D eigenvalue weighted by atomic mass is 9.94. The number of nitrogens with one attached hydrogen (secondary N) is 1. The number of halogens is 3. The number of sulfonamides is 1. The highest BCUT2D eigenvalue weighted by Crippen LogP contribution is 2.42. The van der Waals surface area contributed by atoms with Gasteiger partial charge in [0.15, 0.2) is 0 Å². The van der Waals surface area contributed by atoms with E-state index < -0.39 is 38.7 Å². The zero-order valence-electron chi connectivity index (χ0n) is 19.0. The Kier molecular flexibility index (Phi) is 6.62. The zero-order valence-corrected chi connectivity index (χ0v) is 19.8. The number of benzene rings is 2. The third kappa shape index (κ3) is 4.90. The maximum Gasteiger partial charge on any atom is 0.416 e. The number of alkyl halides is 3. The molecule has 35 heavy (non-hydrogen) atoms. The lowest BCUT2D eigenvalue weighted by Crippen LogP contribution is -2.45. The minimum Gasteiger partial charge on any atom is -0.495 e. The average molecular weight is 515 g/mol. The zero-order chi connectivity index (χ0) is 25.5. The van der Waals surface area contributed by atoms with E-state index in [2.05, 4.69) is 9.46 Å². The van der Waals surface area contributed by atoms with Crippen molar-refractivity contribution in [1.29, 1.82) is 0 Å². The van der Waals surface area contributed by atoms with Gasteiger partial charge in [0.2, 0.25) is 0 Å². The van der Waals surface area contributed by atoms with Crippen molar-refractivity contribution < 1.29 is 41.0 Å². The normalized spacial score (nSPS) is 22.1. The van der Waals surface area contributed by atoms with Crippen LogP contribution in [0.25, 0.3) is 0 Å². The maximum atomic E-state index is 13.5. The van der Waals surface area contributed by atoms with Crippen LogP contribution in [0.15, 0.2) is 41.3 Å². The van der Waals surface area contributed by atoms with Crippen LogP contribution in [0.1, 0.15) is 28.8 Å². The summed E-state index contributed by atoms with van der Waals surface area (Å²) in [7, 11) is -2.12. The third-order valence-corrected chi connectivity index (χ3v) is 7.95. The van der Waals surface area contributed by atoms with Crippen LogP contribution in [0.3, 0.4) is 0 Å². The molecule has 190 valence electrons. The van der Waals surface area contributed by atoms with Crippen LogP contribution < -0.4 is 14.4 Å². The molecule has 1 heterocycles. The SMILES string of the molecule is COC(=O)c1ccc(OC)c(S(=O)(=O)Nc2cc(C(F)(F)F)ccc2N2CC3CCC(C2)C3O)c1. The van der Waals surface area contributed by atoms with Crippen molar-refractivity contribution in [2.45, 2.75) is 30.0 Å². The molecule has 2 fully saturated rings. The second-order valence-electron chi connectivity index (χ2n) is 8.69. The largest absolute Gasteiger partial charge is 0.495 e. The number of aliphatic hydroxyl groups excluding tert-OH is 1. The first kappa shape index (κ1) is 25.1. The number of hydrogen-bond donors (Lipinski definition) is 2. The quantitative estimate of drug-likeness (QED) is 0.569. The van der Waals surface area contributed by atoms with E-state index in [9.17, 15) is 31.5 Å². The summed E-state index contributed by atoms with van der Waals surface area (Å²) in [4.78, 5) is 13.3. The number of carbonyl (C=O) groups is 1. The Hall–Kier alpha value is -2.99. The molecular weight excluding hydrogens is 489 g/mol. The lowest BCUT2D eigenvalue weighted by Gasteiger charge is -2.38. The van der Waals surface area contributed by atoms with E-state index in [-0.39, 0.29) is 34.5 Å². The Labute approximate surface area is 200 Å². The molecular formula is C23H25F3N2O6S. The summed E-state index contributed by atoms with van der Waals surface area (Å²) in [5, 5.41) is 10.3. The Morgan fingerprint density at radius 3 is 2.31 bits per heavy atom. The molecule has 1 aliphatic carbocycles. The van der Waals surface area contributed by atoms with E-state index in [4.69, 9.17) is 4.74 Å². The lowest BCUT2D eigenvalue weighted by molar-refractivity contribution is -0.137. The molecule has 2 N–H and O–H groups in total. The minimum absolute atomic E-state index is 0.0441. The Bertz CT molecular complexity index is 1220. The first-order chi connectivity index (χ1) is 16.4. The molecule has 1 aliphatic heterocycles. The Morgan fingerprint density at radius 1 is 1.09 bits per heavy atom. The number of piperidine rings is 1. The summed E-state index contributed by atoms with van der Waals surface area (Å²) >= 11 is 0. The fourth-order valence-corrected chi connectivity index (χ4v) is 6.05. The second kappa shape index (κ2) is 9.23. The van der Waals surface area contributed by atoms with Crippen LogP contribution in [0.5, 0.6) is 5.75 Å². The molecule has 0 aromatic heterocycles. The van der Waals surface area contributed by atoms with E-state index in [0.29, 0.717) is 13.1 Å². The second-order valence-corrected chi connectivity index (χ2v) is 10.3. The summed E-state index contributed by atoms with van der Waals surface area (Å²) in [6.45, 7) is 0.776. The van der Waals surface area contributed by atoms with E-state index in [1.54, 1.807) is 4.90 Å². The fourth-order valence-electron chi connectivity index (χ4n) is 4.79. The summed E-state index contributed by atoms with van der Waals surface area (Å²) in [5.41, 5.74) is -1.08. The van der Waals surface area contributed by atoms with Gasteiger partial charge in [-0.1, -0.05) is 0 Å². The number of anilines is 2. The van der Waals surface area contributed by atoms with Gasteiger partial charge in [-0.05, 0) is 49.2 Å². The van der Waals surface area contributed by atoms with Crippen molar-refractivity contribution in [3.63, 3.8) is 0 Å². The minimum atomic E-state index is -4.70. The highest BCUT2D eigenvalue weighted by molar-refractivity contribution is 7.92. The van der Waals surface area contributed by atoms with Gasteiger partial charge in [-0.15, -0.1) is 0 Å². The van der Waals surface area contributed by atoms with Gasteiger partial charge < -0.3 is 19.5 Å². The van der Waals surface area contributed by atoms with Gasteiger partial charge in [0.05, 0.1) is 42.8 Å². The highest BCUT2D eigenvalue weighted by atomic mass is 32.2. The molecule has 0 spiro atoms. The number of fused-ring (bicyclic) bond motifs is 2. The number of rotatable bonds is 6. The van der Waals surface area contributed by atoms with Crippen molar-refractivity contribution in [3.05, 3.63) is 47.5 Å². The van der Waals surface area contributed by atoms with Crippen molar-refractivity contribution in [1.82, 2.24) is 0 Å². The molecule has 0 amide bonds. The van der Waals surface area contributed by atoms with Crippen molar-refractivity contribution in [2.75, 3.05) is 36.9 Å². The van der Waals surface area contributed by atoms with Crippen molar-refractivity contribution in [3.8, 4) is 5.75 Å². The Morgan fingerprint density at radius 2 is 1.74 bits per heavy atom. The number of aliphatic hydroxyl groups is 1. The molecule has 1 saturated heterocycles. The number of esters is 1. The van der Waals surface area contributed by atoms with Crippen LogP contribution in [-0.4, -0.2) is 52.9 Å². The van der Waals surface area contributed by atoms with Gasteiger partial charge in [0, 0.05) is 24.9 Å². The van der Waals surface area contributed by atoms with Crippen molar-refractivity contribution >= 4 is 27.4 Å². The number of hydrogen-bond acceptors (Lipinski definition) is 7. The topological polar surface area (TPSA) is 105 Å². The first-order valence-corrected chi connectivity index (χ1v) is 12.4. The van der Waals surface area contributed by atoms with Gasteiger partial charge >= 0.3 is 12.1 Å². The Balaban J connectivity index is 1.77. The van der Waals surface area contributed by atoms with Gasteiger partial charge in [0.1, 0.15) is 10.6 Å². The summed E-state index contributed by atoms with van der Waals surface area (Å²) in [6, 6.07) is 6.50. The molecule has 2 aromatic rings. The average Bonchev–Trinajstić information content (AvgIpc) is 3.02. The monoisotopic (exact) mass is 514 g/mol. The van der Waals surface area contributed by atoms with E-state index in [1.165, 1.54) is 25.3 Å². The third-order valence-electron chi connectivity index (χ3n) is 6.57. The predicted molar refractivity (Wildman–Crippen MR) is 121 cm³/mol. The predicted octanol–water partition coefficient (Wildman–Crippen LogP) is 3.51.